The first-order valence-corrected chi connectivity index (χ1v) is 10.0. The summed E-state index contributed by atoms with van der Waals surface area (Å²) in [5.41, 5.74) is 0.874. The van der Waals surface area contributed by atoms with Gasteiger partial charge in [-0.1, -0.05) is 31.6 Å². The van der Waals surface area contributed by atoms with Gasteiger partial charge in [-0.05, 0) is 79.5 Å². The quantitative estimate of drug-likeness (QED) is 0.384. The van der Waals surface area contributed by atoms with E-state index in [1.807, 2.05) is 0 Å². The molecule has 1 nitrogen and oxygen atoms in total. The van der Waals surface area contributed by atoms with Gasteiger partial charge in [-0.2, -0.15) is 8.78 Å². The second-order valence-electron chi connectivity index (χ2n) is 7.52. The maximum absolute atomic E-state index is 14.5. The summed E-state index contributed by atoms with van der Waals surface area (Å²) in [7, 11) is 0. The number of halogens is 4. The molecule has 0 N–H and O–H groups in total. The van der Waals surface area contributed by atoms with Crippen molar-refractivity contribution in [2.24, 2.45) is 5.92 Å². The Morgan fingerprint density at radius 3 is 2.14 bits per heavy atom. The predicted molar refractivity (Wildman–Crippen MR) is 105 cm³/mol. The van der Waals surface area contributed by atoms with E-state index >= 15 is 0 Å². The Labute approximate surface area is 169 Å². The number of alkyl halides is 2. The smallest absolute Gasteiger partial charge is 0.387 e. The van der Waals surface area contributed by atoms with Crippen LogP contribution >= 0.6 is 0 Å². The lowest BCUT2D eigenvalue weighted by molar-refractivity contribution is -0.0498. The van der Waals surface area contributed by atoms with Crippen molar-refractivity contribution in [1.29, 1.82) is 0 Å². The first-order chi connectivity index (χ1) is 14.0. The summed E-state index contributed by atoms with van der Waals surface area (Å²) in [6.45, 7) is -0.724. The topological polar surface area (TPSA) is 9.23 Å². The molecule has 1 aliphatic rings. The molecule has 0 unspecified atom stereocenters. The third-order valence-corrected chi connectivity index (χ3v) is 5.49. The van der Waals surface area contributed by atoms with E-state index < -0.39 is 18.2 Å². The highest BCUT2D eigenvalue weighted by atomic mass is 19.3. The van der Waals surface area contributed by atoms with Crippen molar-refractivity contribution < 1.29 is 22.3 Å². The summed E-state index contributed by atoms with van der Waals surface area (Å²) in [4.78, 5) is 0. The third kappa shape index (κ3) is 5.76. The molecule has 0 bridgehead atoms. The van der Waals surface area contributed by atoms with Gasteiger partial charge in [0.05, 0.1) is 5.56 Å². The minimum absolute atomic E-state index is 0.000854. The Hall–Kier alpha value is -2.48. The van der Waals surface area contributed by atoms with Crippen molar-refractivity contribution in [3.8, 4) is 17.6 Å². The lowest BCUT2D eigenvalue weighted by atomic mass is 9.77. The summed E-state index contributed by atoms with van der Waals surface area (Å²) in [6.07, 6.45) is 6.53. The van der Waals surface area contributed by atoms with Gasteiger partial charge in [0.2, 0.25) is 0 Å². The standard InChI is InChI=1S/C24H24F4O/c1-2-3-16-4-9-18(10-5-16)19-14-22(25)21(23(26)15-19)13-8-17-6-11-20(12-7-17)29-24(27)28/h6-7,11-12,14-16,18,24H,2-5,9-10H2,1H3. The van der Waals surface area contributed by atoms with E-state index in [0.717, 1.165) is 31.6 Å². The zero-order valence-electron chi connectivity index (χ0n) is 16.4. The Kier molecular flexibility index (Phi) is 7.19. The molecule has 2 aromatic rings. The van der Waals surface area contributed by atoms with Gasteiger partial charge in [-0.25, -0.2) is 8.78 Å². The summed E-state index contributed by atoms with van der Waals surface area (Å²) in [6, 6.07) is 8.39. The van der Waals surface area contributed by atoms with E-state index in [9.17, 15) is 17.6 Å². The van der Waals surface area contributed by atoms with Gasteiger partial charge in [0, 0.05) is 5.56 Å². The number of ether oxygens (including phenoxy) is 1. The molecule has 1 saturated carbocycles. The fourth-order valence-electron chi connectivity index (χ4n) is 3.99. The van der Waals surface area contributed by atoms with Gasteiger partial charge in [0.15, 0.2) is 0 Å². The van der Waals surface area contributed by atoms with Crippen LogP contribution in [0.1, 0.15) is 68.1 Å². The summed E-state index contributed by atoms with van der Waals surface area (Å²) >= 11 is 0. The van der Waals surface area contributed by atoms with E-state index in [2.05, 4.69) is 23.5 Å². The molecule has 0 heterocycles. The molecule has 5 heteroatoms. The molecular weight excluding hydrogens is 380 g/mol. The number of benzene rings is 2. The lowest BCUT2D eigenvalue weighted by Gasteiger charge is -2.28. The van der Waals surface area contributed by atoms with Crippen molar-refractivity contribution in [3.63, 3.8) is 0 Å². The number of rotatable bonds is 5. The molecule has 1 fully saturated rings. The Bertz CT molecular complexity index is 849. The molecule has 29 heavy (non-hydrogen) atoms. The van der Waals surface area contributed by atoms with Crippen LogP contribution in [0, 0.1) is 29.4 Å². The first-order valence-electron chi connectivity index (χ1n) is 10.0. The zero-order chi connectivity index (χ0) is 20.8. The van der Waals surface area contributed by atoms with Gasteiger partial charge in [-0.3, -0.25) is 0 Å². The highest BCUT2D eigenvalue weighted by molar-refractivity contribution is 5.46. The monoisotopic (exact) mass is 404 g/mol. The van der Waals surface area contributed by atoms with E-state index in [-0.39, 0.29) is 17.2 Å². The van der Waals surface area contributed by atoms with Crippen molar-refractivity contribution in [2.75, 3.05) is 0 Å². The van der Waals surface area contributed by atoms with Crippen molar-refractivity contribution in [1.82, 2.24) is 0 Å². The minimum atomic E-state index is -2.91. The average molecular weight is 404 g/mol. The van der Waals surface area contributed by atoms with Crippen LogP contribution in [0.15, 0.2) is 36.4 Å². The van der Waals surface area contributed by atoms with Crippen LogP contribution < -0.4 is 4.74 Å². The molecule has 0 spiro atoms. The maximum atomic E-state index is 14.5. The van der Waals surface area contributed by atoms with Gasteiger partial charge in [0.1, 0.15) is 17.4 Å². The van der Waals surface area contributed by atoms with Gasteiger partial charge >= 0.3 is 6.61 Å². The molecule has 0 radical (unpaired) electrons. The summed E-state index contributed by atoms with van der Waals surface area (Å²) in [5.74, 6) is 4.78. The molecule has 0 saturated heterocycles. The largest absolute Gasteiger partial charge is 0.435 e. The van der Waals surface area contributed by atoms with Crippen LogP contribution in [0.3, 0.4) is 0 Å². The van der Waals surface area contributed by atoms with Gasteiger partial charge in [0.25, 0.3) is 0 Å². The summed E-state index contributed by atoms with van der Waals surface area (Å²) in [5, 5.41) is 0. The fraction of sp³-hybridized carbons (Fsp3) is 0.417. The Balaban J connectivity index is 1.71. The van der Waals surface area contributed by atoms with E-state index in [4.69, 9.17) is 0 Å². The molecule has 3 rings (SSSR count). The number of hydrogen-bond acceptors (Lipinski definition) is 1. The van der Waals surface area contributed by atoms with Gasteiger partial charge in [-0.15, -0.1) is 0 Å². The normalized spacial score (nSPS) is 19.0. The van der Waals surface area contributed by atoms with Crippen LogP contribution in [-0.2, 0) is 0 Å². The third-order valence-electron chi connectivity index (χ3n) is 5.49. The zero-order valence-corrected chi connectivity index (χ0v) is 16.4. The van der Waals surface area contributed by atoms with Crippen LogP contribution in [0.5, 0.6) is 5.75 Å². The molecule has 0 aliphatic heterocycles. The minimum Gasteiger partial charge on any atom is -0.435 e. The maximum Gasteiger partial charge on any atom is 0.387 e. The van der Waals surface area contributed by atoms with Crippen molar-refractivity contribution >= 4 is 0 Å². The van der Waals surface area contributed by atoms with E-state index in [1.165, 1.54) is 49.2 Å². The Morgan fingerprint density at radius 2 is 1.59 bits per heavy atom. The highest BCUT2D eigenvalue weighted by Gasteiger charge is 2.23. The SMILES string of the molecule is CCCC1CCC(c2cc(F)c(C#Cc3ccc(OC(F)F)cc3)c(F)c2)CC1. The predicted octanol–water partition coefficient (Wildman–Crippen LogP) is 7.04. The van der Waals surface area contributed by atoms with Crippen LogP contribution in [0.2, 0.25) is 0 Å². The lowest BCUT2D eigenvalue weighted by Crippen LogP contribution is -2.13. The second-order valence-corrected chi connectivity index (χ2v) is 7.52. The molecule has 1 aliphatic carbocycles. The highest BCUT2D eigenvalue weighted by Crippen LogP contribution is 2.38. The van der Waals surface area contributed by atoms with E-state index in [0.29, 0.717) is 11.1 Å². The Morgan fingerprint density at radius 1 is 0.966 bits per heavy atom. The fourth-order valence-corrected chi connectivity index (χ4v) is 3.99. The molecule has 0 atom stereocenters. The molecule has 0 amide bonds. The molecule has 0 aromatic heterocycles. The average Bonchev–Trinajstić information content (AvgIpc) is 2.69. The molecule has 154 valence electrons. The van der Waals surface area contributed by atoms with Crippen molar-refractivity contribution in [2.45, 2.75) is 58.0 Å². The first kappa shape index (κ1) is 21.2. The number of hydrogen-bond donors (Lipinski definition) is 0. The summed E-state index contributed by atoms with van der Waals surface area (Å²) < 4.78 is 57.6. The van der Waals surface area contributed by atoms with Crippen LogP contribution in [0.4, 0.5) is 17.6 Å². The van der Waals surface area contributed by atoms with Crippen LogP contribution in [0.25, 0.3) is 0 Å². The van der Waals surface area contributed by atoms with Crippen molar-refractivity contribution in [3.05, 3.63) is 64.7 Å². The molecule has 2 aromatic carbocycles. The second kappa shape index (κ2) is 9.82. The van der Waals surface area contributed by atoms with Gasteiger partial charge < -0.3 is 4.74 Å². The van der Waals surface area contributed by atoms with Crippen LogP contribution in [-0.4, -0.2) is 6.61 Å². The molecular formula is C24H24F4O. The van der Waals surface area contributed by atoms with E-state index in [1.54, 1.807) is 0 Å².